The van der Waals surface area contributed by atoms with Crippen molar-refractivity contribution in [2.24, 2.45) is 5.92 Å². The van der Waals surface area contributed by atoms with E-state index in [0.29, 0.717) is 12.1 Å². The number of amides is 1. The number of anilines is 1. The molecule has 3 heterocycles. The first-order valence-corrected chi connectivity index (χ1v) is 12.4. The molecule has 4 rings (SSSR count). The summed E-state index contributed by atoms with van der Waals surface area (Å²) in [5, 5.41) is 0. The van der Waals surface area contributed by atoms with Crippen LogP contribution in [0.3, 0.4) is 0 Å². The van der Waals surface area contributed by atoms with Gasteiger partial charge in [0, 0.05) is 31.6 Å². The number of hydrogen-bond donors (Lipinski definition) is 0. The first kappa shape index (κ1) is 23.4. The fourth-order valence-corrected chi connectivity index (χ4v) is 5.28. The van der Waals surface area contributed by atoms with Crippen molar-refractivity contribution in [1.29, 1.82) is 0 Å². The molecule has 178 valence electrons. The Labute approximate surface area is 190 Å². The van der Waals surface area contributed by atoms with Crippen LogP contribution in [0.5, 0.6) is 5.75 Å². The van der Waals surface area contributed by atoms with E-state index in [2.05, 4.69) is 16.7 Å². The lowest BCUT2D eigenvalue weighted by Gasteiger charge is -2.33. The summed E-state index contributed by atoms with van der Waals surface area (Å²) < 4.78 is 35.0. The first-order valence-electron chi connectivity index (χ1n) is 12.4. The van der Waals surface area contributed by atoms with Gasteiger partial charge in [-0.05, 0) is 70.6 Å². The molecule has 0 aromatic heterocycles. The number of piperidine rings is 2. The molecule has 0 saturated carbocycles. The van der Waals surface area contributed by atoms with Gasteiger partial charge in [-0.25, -0.2) is 8.78 Å². The second kappa shape index (κ2) is 10.9. The molecule has 3 fully saturated rings. The molecule has 7 heteroatoms. The van der Waals surface area contributed by atoms with Crippen molar-refractivity contribution in [2.75, 3.05) is 50.8 Å². The number of nitrogens with zero attached hydrogens (tertiary/aromatic N) is 3. The Morgan fingerprint density at radius 1 is 0.969 bits per heavy atom. The topological polar surface area (TPSA) is 36.0 Å². The number of likely N-dealkylation sites (tertiary alicyclic amines) is 2. The monoisotopic (exact) mass is 449 g/mol. The van der Waals surface area contributed by atoms with Gasteiger partial charge in [-0.15, -0.1) is 0 Å². The molecule has 3 aliphatic heterocycles. The molecular weight excluding hydrogens is 412 g/mol. The minimum atomic E-state index is -0.733. The zero-order chi connectivity index (χ0) is 22.5. The minimum Gasteiger partial charge on any atom is -0.488 e. The highest BCUT2D eigenvalue weighted by molar-refractivity contribution is 5.96. The van der Waals surface area contributed by atoms with Crippen molar-refractivity contribution in [3.63, 3.8) is 0 Å². The summed E-state index contributed by atoms with van der Waals surface area (Å²) in [5.74, 6) is -1.08. The Morgan fingerprint density at radius 3 is 2.34 bits per heavy atom. The van der Waals surface area contributed by atoms with Crippen LogP contribution in [0.2, 0.25) is 0 Å². The second-order valence-electron chi connectivity index (χ2n) is 9.78. The van der Waals surface area contributed by atoms with E-state index in [4.69, 9.17) is 4.74 Å². The number of carbonyl (C=O) groups excluding carboxylic acids is 1. The van der Waals surface area contributed by atoms with Gasteiger partial charge in [0.25, 0.3) is 0 Å². The molecule has 1 unspecified atom stereocenters. The molecule has 5 nitrogen and oxygen atoms in total. The zero-order valence-electron chi connectivity index (χ0n) is 19.3. The highest BCUT2D eigenvalue weighted by atomic mass is 19.1. The number of ether oxygens (including phenoxy) is 1. The molecule has 0 bridgehead atoms. The van der Waals surface area contributed by atoms with Crippen LogP contribution in [0.4, 0.5) is 14.5 Å². The number of benzene rings is 1. The van der Waals surface area contributed by atoms with Gasteiger partial charge >= 0.3 is 0 Å². The van der Waals surface area contributed by atoms with E-state index in [1.807, 2.05) is 0 Å². The van der Waals surface area contributed by atoms with Gasteiger partial charge in [0.2, 0.25) is 5.91 Å². The molecule has 1 aromatic rings. The fraction of sp³-hybridized carbons (Fsp3) is 0.720. The number of hydrogen-bond acceptors (Lipinski definition) is 4. The molecule has 1 amide bonds. The van der Waals surface area contributed by atoms with Gasteiger partial charge in [0.1, 0.15) is 0 Å². The molecular formula is C25H37F2N3O2. The van der Waals surface area contributed by atoms with Crippen LogP contribution in [0.1, 0.15) is 58.3 Å². The van der Waals surface area contributed by atoms with Crippen LogP contribution in [0.15, 0.2) is 12.1 Å². The molecule has 1 atom stereocenters. The molecule has 0 aliphatic carbocycles. The van der Waals surface area contributed by atoms with Gasteiger partial charge in [-0.3, -0.25) is 4.79 Å². The molecule has 3 aliphatic rings. The smallest absolute Gasteiger partial charge is 0.227 e. The van der Waals surface area contributed by atoms with E-state index in [-0.39, 0.29) is 24.3 Å². The minimum absolute atomic E-state index is 0.0292. The molecule has 1 aromatic carbocycles. The average Bonchev–Trinajstić information content (AvgIpc) is 3.14. The molecule has 0 spiro atoms. The lowest BCUT2D eigenvalue weighted by atomic mass is 9.99. The van der Waals surface area contributed by atoms with Crippen molar-refractivity contribution >= 4 is 11.6 Å². The maximum atomic E-state index is 14.8. The summed E-state index contributed by atoms with van der Waals surface area (Å²) >= 11 is 0. The van der Waals surface area contributed by atoms with E-state index in [1.54, 1.807) is 4.90 Å². The van der Waals surface area contributed by atoms with E-state index < -0.39 is 11.6 Å². The Kier molecular flexibility index (Phi) is 8.00. The van der Waals surface area contributed by atoms with Crippen molar-refractivity contribution in [3.8, 4) is 5.75 Å². The van der Waals surface area contributed by atoms with Crippen LogP contribution in [0, 0.1) is 17.6 Å². The predicted octanol–water partition coefficient (Wildman–Crippen LogP) is 4.45. The lowest BCUT2D eigenvalue weighted by molar-refractivity contribution is -0.117. The largest absolute Gasteiger partial charge is 0.488 e. The van der Waals surface area contributed by atoms with Crippen LogP contribution in [0.25, 0.3) is 0 Å². The van der Waals surface area contributed by atoms with Gasteiger partial charge < -0.3 is 19.4 Å². The van der Waals surface area contributed by atoms with Gasteiger partial charge in [0.15, 0.2) is 17.4 Å². The summed E-state index contributed by atoms with van der Waals surface area (Å²) in [4.78, 5) is 18.9. The molecule has 32 heavy (non-hydrogen) atoms. The Bertz CT molecular complexity index is 753. The van der Waals surface area contributed by atoms with E-state index in [0.717, 1.165) is 58.0 Å². The van der Waals surface area contributed by atoms with E-state index in [1.165, 1.54) is 44.2 Å². The third-order valence-corrected chi connectivity index (χ3v) is 7.25. The predicted molar refractivity (Wildman–Crippen MR) is 122 cm³/mol. The SMILES string of the molecule is CC1CCN(CCCOc2c(F)cc(N3C(=O)CCC3CN3CCCCC3)cc2F)CC1. The number of rotatable bonds is 8. The summed E-state index contributed by atoms with van der Waals surface area (Å²) in [6.45, 7) is 8.44. The van der Waals surface area contributed by atoms with E-state index >= 15 is 0 Å². The normalized spacial score (nSPS) is 23.8. The first-order chi connectivity index (χ1) is 15.5. The van der Waals surface area contributed by atoms with Gasteiger partial charge in [-0.2, -0.15) is 0 Å². The number of halogens is 2. The zero-order valence-corrected chi connectivity index (χ0v) is 19.3. The highest BCUT2D eigenvalue weighted by Gasteiger charge is 2.34. The lowest BCUT2D eigenvalue weighted by Crippen LogP contribution is -2.43. The molecule has 0 radical (unpaired) electrons. The average molecular weight is 450 g/mol. The quantitative estimate of drug-likeness (QED) is 0.550. The van der Waals surface area contributed by atoms with Crippen molar-refractivity contribution < 1.29 is 18.3 Å². The summed E-state index contributed by atoms with van der Waals surface area (Å²) in [6.07, 6.45) is 7.90. The fourth-order valence-electron chi connectivity index (χ4n) is 5.28. The molecule has 3 saturated heterocycles. The maximum Gasteiger partial charge on any atom is 0.227 e. The Balaban J connectivity index is 1.34. The van der Waals surface area contributed by atoms with Crippen LogP contribution < -0.4 is 9.64 Å². The van der Waals surface area contributed by atoms with Gasteiger partial charge in [-0.1, -0.05) is 13.3 Å². The van der Waals surface area contributed by atoms with Crippen molar-refractivity contribution in [2.45, 2.75) is 64.3 Å². The van der Waals surface area contributed by atoms with Crippen LogP contribution >= 0.6 is 0 Å². The summed E-state index contributed by atoms with van der Waals surface area (Å²) in [5.41, 5.74) is 0.305. The standard InChI is InChI=1S/C25H37F2N3O2/c1-19-8-13-28(14-9-19)12-5-15-32-25-22(26)16-21(17-23(25)27)30-20(6-7-24(30)31)18-29-10-3-2-4-11-29/h16-17,19-20H,2-15,18H2,1H3. The van der Waals surface area contributed by atoms with Crippen LogP contribution in [-0.2, 0) is 4.79 Å². The van der Waals surface area contributed by atoms with Crippen molar-refractivity contribution in [3.05, 3.63) is 23.8 Å². The van der Waals surface area contributed by atoms with Crippen LogP contribution in [-0.4, -0.2) is 67.6 Å². The summed E-state index contributed by atoms with van der Waals surface area (Å²) in [7, 11) is 0. The highest BCUT2D eigenvalue weighted by Crippen LogP contribution is 2.33. The molecule has 0 N–H and O–H groups in total. The number of carbonyl (C=O) groups is 1. The second-order valence-corrected chi connectivity index (χ2v) is 9.78. The maximum absolute atomic E-state index is 14.8. The Morgan fingerprint density at radius 2 is 1.66 bits per heavy atom. The van der Waals surface area contributed by atoms with E-state index in [9.17, 15) is 13.6 Å². The van der Waals surface area contributed by atoms with Gasteiger partial charge in [0.05, 0.1) is 18.3 Å². The van der Waals surface area contributed by atoms with Crippen molar-refractivity contribution in [1.82, 2.24) is 9.80 Å². The third kappa shape index (κ3) is 5.79. The Hall–Kier alpha value is -1.73. The third-order valence-electron chi connectivity index (χ3n) is 7.25. The summed E-state index contributed by atoms with van der Waals surface area (Å²) in [6, 6.07) is 2.49.